The molecule has 0 radical (unpaired) electrons. The maximum Gasteiger partial charge on any atom is 0.165 e. The molecule has 3 heteroatoms. The van der Waals surface area contributed by atoms with Gasteiger partial charge in [-0.1, -0.05) is 13.3 Å². The van der Waals surface area contributed by atoms with Crippen molar-refractivity contribution in [3.05, 3.63) is 0 Å². The molecule has 0 aromatic rings. The smallest absolute Gasteiger partial charge is 0.165 e. The number of fused-ring (bicyclic) bond motifs is 1. The Balaban J connectivity index is 1.53. The molecule has 0 aromatic carbocycles. The summed E-state index contributed by atoms with van der Waals surface area (Å²) in [6, 6.07) is 0.597. The van der Waals surface area contributed by atoms with Crippen LogP contribution < -0.4 is 0 Å². The van der Waals surface area contributed by atoms with E-state index in [1.165, 1.54) is 38.6 Å². The fourth-order valence-corrected chi connectivity index (χ4v) is 4.11. The van der Waals surface area contributed by atoms with Crippen molar-refractivity contribution >= 4 is 5.78 Å². The van der Waals surface area contributed by atoms with Gasteiger partial charge in [0.1, 0.15) is 6.10 Å². The largest absolute Gasteiger partial charge is 0.367 e. The van der Waals surface area contributed by atoms with Gasteiger partial charge in [-0.25, -0.2) is 0 Å². The Bertz CT molecular complexity index is 323. The third-order valence-electron chi connectivity index (χ3n) is 5.53. The van der Waals surface area contributed by atoms with Gasteiger partial charge in [-0.05, 0) is 51.0 Å². The summed E-state index contributed by atoms with van der Waals surface area (Å²) in [5, 5.41) is 0. The Morgan fingerprint density at radius 1 is 1.21 bits per heavy atom. The lowest BCUT2D eigenvalue weighted by molar-refractivity contribution is -0.143. The summed E-state index contributed by atoms with van der Waals surface area (Å²) in [4.78, 5) is 15.1. The third-order valence-corrected chi connectivity index (χ3v) is 5.53. The van der Waals surface area contributed by atoms with Gasteiger partial charge in [0.25, 0.3) is 0 Å². The van der Waals surface area contributed by atoms with Crippen molar-refractivity contribution in [2.24, 2.45) is 11.8 Å². The molecule has 2 atom stereocenters. The maximum atomic E-state index is 12.6. The quantitative estimate of drug-likeness (QED) is 0.785. The second-order valence-corrected chi connectivity index (χ2v) is 6.64. The van der Waals surface area contributed by atoms with Gasteiger partial charge in [0.05, 0.1) is 6.61 Å². The van der Waals surface area contributed by atoms with Crippen LogP contribution in [0.4, 0.5) is 0 Å². The van der Waals surface area contributed by atoms with Crippen LogP contribution in [0.5, 0.6) is 0 Å². The minimum absolute atomic E-state index is 0.127. The molecule has 0 amide bonds. The van der Waals surface area contributed by atoms with E-state index in [1.807, 2.05) is 0 Å². The monoisotopic (exact) mass is 265 g/mol. The molecule has 2 heterocycles. The van der Waals surface area contributed by atoms with Crippen molar-refractivity contribution in [1.82, 2.24) is 4.90 Å². The molecule has 1 saturated carbocycles. The Hall–Kier alpha value is -0.410. The maximum absolute atomic E-state index is 12.6. The highest BCUT2D eigenvalue weighted by Crippen LogP contribution is 2.33. The normalized spacial score (nSPS) is 40.1. The number of rotatable bonds is 3. The lowest BCUT2D eigenvalue weighted by Gasteiger charge is -2.37. The topological polar surface area (TPSA) is 29.5 Å². The molecule has 3 nitrogen and oxygen atoms in total. The van der Waals surface area contributed by atoms with Gasteiger partial charge in [-0.15, -0.1) is 0 Å². The van der Waals surface area contributed by atoms with Crippen molar-refractivity contribution in [2.45, 2.75) is 64.0 Å². The number of hydrogen-bond acceptors (Lipinski definition) is 3. The fourth-order valence-electron chi connectivity index (χ4n) is 4.11. The van der Waals surface area contributed by atoms with Crippen LogP contribution in [0.25, 0.3) is 0 Å². The van der Waals surface area contributed by atoms with Crippen LogP contribution in [0.15, 0.2) is 0 Å². The van der Waals surface area contributed by atoms with Gasteiger partial charge in [-0.2, -0.15) is 0 Å². The van der Waals surface area contributed by atoms with Gasteiger partial charge in [0, 0.05) is 18.5 Å². The molecule has 0 spiro atoms. The van der Waals surface area contributed by atoms with Crippen LogP contribution in [-0.2, 0) is 9.53 Å². The summed E-state index contributed by atoms with van der Waals surface area (Å²) in [6.45, 7) is 5.07. The molecule has 0 bridgehead atoms. The predicted molar refractivity (Wildman–Crippen MR) is 75.1 cm³/mol. The molecule has 108 valence electrons. The number of Topliss-reactive ketones (excluding diaryl/α,β-unsaturated/α-hetero) is 1. The van der Waals surface area contributed by atoms with E-state index in [-0.39, 0.29) is 12.0 Å². The minimum atomic E-state index is -0.127. The zero-order valence-electron chi connectivity index (χ0n) is 12.1. The zero-order valence-corrected chi connectivity index (χ0v) is 12.1. The van der Waals surface area contributed by atoms with Crippen molar-refractivity contribution in [3.63, 3.8) is 0 Å². The van der Waals surface area contributed by atoms with Gasteiger partial charge in [0.15, 0.2) is 5.78 Å². The molecule has 2 unspecified atom stereocenters. The van der Waals surface area contributed by atoms with E-state index in [0.717, 1.165) is 31.9 Å². The number of ether oxygens (including phenoxy) is 1. The van der Waals surface area contributed by atoms with Crippen LogP contribution >= 0.6 is 0 Å². The van der Waals surface area contributed by atoms with Crippen LogP contribution in [0.1, 0.15) is 51.9 Å². The highest BCUT2D eigenvalue weighted by Gasteiger charge is 2.38. The van der Waals surface area contributed by atoms with Gasteiger partial charge in [-0.3, -0.25) is 9.69 Å². The third kappa shape index (κ3) is 2.87. The number of hydrogen-bond donors (Lipinski definition) is 0. The molecule has 0 aromatic heterocycles. The first-order valence-corrected chi connectivity index (χ1v) is 8.17. The Kier molecular flexibility index (Phi) is 4.23. The van der Waals surface area contributed by atoms with Crippen LogP contribution in [0.3, 0.4) is 0 Å². The zero-order chi connectivity index (χ0) is 13.2. The average molecular weight is 265 g/mol. The van der Waals surface area contributed by atoms with E-state index < -0.39 is 0 Å². The Morgan fingerprint density at radius 3 is 2.74 bits per heavy atom. The Labute approximate surface area is 116 Å². The van der Waals surface area contributed by atoms with Crippen molar-refractivity contribution in [3.8, 4) is 0 Å². The predicted octanol–water partition coefficient (Wildman–Crippen LogP) is 2.64. The highest BCUT2D eigenvalue weighted by atomic mass is 16.5. The van der Waals surface area contributed by atoms with E-state index in [4.69, 9.17) is 4.74 Å². The second-order valence-electron chi connectivity index (χ2n) is 6.64. The summed E-state index contributed by atoms with van der Waals surface area (Å²) >= 11 is 0. The van der Waals surface area contributed by atoms with Crippen molar-refractivity contribution in [2.75, 3.05) is 19.7 Å². The summed E-state index contributed by atoms with van der Waals surface area (Å²) in [7, 11) is 0. The molecule has 2 aliphatic heterocycles. The molecule has 3 aliphatic rings. The molecule has 3 rings (SSSR count). The van der Waals surface area contributed by atoms with E-state index in [1.54, 1.807) is 0 Å². The fraction of sp³-hybridized carbons (Fsp3) is 0.938. The first-order valence-electron chi connectivity index (χ1n) is 8.17. The Morgan fingerprint density at radius 2 is 2.00 bits per heavy atom. The number of morpholine rings is 1. The lowest BCUT2D eigenvalue weighted by Crippen LogP contribution is -2.50. The number of carbonyl (C=O) groups is 1. The number of ketones is 1. The van der Waals surface area contributed by atoms with E-state index in [9.17, 15) is 4.79 Å². The number of nitrogens with zero attached hydrogens (tertiary/aromatic N) is 1. The molecule has 1 aliphatic carbocycles. The molecule has 3 fully saturated rings. The standard InChI is InChI=1S/C16H27NO2/c1-2-12-5-7-13(8-6-12)16(18)15-10-17-9-3-4-14(17)11-19-15/h12-15H,2-11H2,1H3. The van der Waals surface area contributed by atoms with Crippen molar-refractivity contribution < 1.29 is 9.53 Å². The minimum Gasteiger partial charge on any atom is -0.367 e. The summed E-state index contributed by atoms with van der Waals surface area (Å²) in [6.07, 6.45) is 8.35. The summed E-state index contributed by atoms with van der Waals surface area (Å²) in [5.74, 6) is 1.55. The highest BCUT2D eigenvalue weighted by molar-refractivity contribution is 5.85. The summed E-state index contributed by atoms with van der Waals surface area (Å²) < 4.78 is 5.87. The molecular formula is C16H27NO2. The summed E-state index contributed by atoms with van der Waals surface area (Å²) in [5.41, 5.74) is 0. The molecule has 2 saturated heterocycles. The van der Waals surface area contributed by atoms with E-state index in [0.29, 0.717) is 11.8 Å². The molecular weight excluding hydrogens is 238 g/mol. The second kappa shape index (κ2) is 5.92. The van der Waals surface area contributed by atoms with Crippen LogP contribution in [0, 0.1) is 11.8 Å². The van der Waals surface area contributed by atoms with Gasteiger partial charge in [0.2, 0.25) is 0 Å². The van der Waals surface area contributed by atoms with Crippen LogP contribution in [0.2, 0.25) is 0 Å². The van der Waals surface area contributed by atoms with Crippen molar-refractivity contribution in [1.29, 1.82) is 0 Å². The molecule has 19 heavy (non-hydrogen) atoms. The molecule has 0 N–H and O–H groups in total. The first kappa shape index (κ1) is 13.6. The number of carbonyl (C=O) groups excluding carboxylic acids is 1. The van der Waals surface area contributed by atoms with Crippen LogP contribution in [-0.4, -0.2) is 42.5 Å². The van der Waals surface area contributed by atoms with E-state index in [2.05, 4.69) is 11.8 Å². The lowest BCUT2D eigenvalue weighted by atomic mass is 9.78. The SMILES string of the molecule is CCC1CCC(C(=O)C2CN3CCCC3CO2)CC1. The first-order chi connectivity index (χ1) is 9.28. The van der Waals surface area contributed by atoms with E-state index >= 15 is 0 Å². The average Bonchev–Trinajstić information content (AvgIpc) is 2.94. The van der Waals surface area contributed by atoms with Gasteiger partial charge >= 0.3 is 0 Å². The van der Waals surface area contributed by atoms with Gasteiger partial charge < -0.3 is 4.74 Å².